The molecule has 0 aliphatic heterocycles. The van der Waals surface area contributed by atoms with Crippen molar-refractivity contribution in [3.63, 3.8) is 0 Å². The summed E-state index contributed by atoms with van der Waals surface area (Å²) in [5.74, 6) is 0.768. The Hall–Kier alpha value is -1.81. The number of rotatable bonds is 2. The van der Waals surface area contributed by atoms with Crippen molar-refractivity contribution in [3.8, 4) is 5.75 Å². The SMILES string of the molecule is COc1cccc2c1C(O)C(n1ccnc1)CC2. The highest BCUT2D eigenvalue weighted by atomic mass is 16.5. The number of ether oxygens (including phenoxy) is 1. The molecule has 2 unspecified atom stereocenters. The minimum absolute atomic E-state index is 0.0382. The maximum atomic E-state index is 10.6. The van der Waals surface area contributed by atoms with Gasteiger partial charge in [-0.25, -0.2) is 4.98 Å². The average Bonchev–Trinajstić information content (AvgIpc) is 2.92. The van der Waals surface area contributed by atoms with Crippen molar-refractivity contribution in [1.82, 2.24) is 9.55 Å². The van der Waals surface area contributed by atoms with Crippen molar-refractivity contribution in [1.29, 1.82) is 0 Å². The smallest absolute Gasteiger partial charge is 0.125 e. The second-order valence-corrected chi connectivity index (χ2v) is 4.59. The molecule has 4 nitrogen and oxygen atoms in total. The number of methoxy groups -OCH3 is 1. The monoisotopic (exact) mass is 244 g/mol. The van der Waals surface area contributed by atoms with Gasteiger partial charge in [0.15, 0.2) is 0 Å². The first-order valence-corrected chi connectivity index (χ1v) is 6.12. The molecule has 0 amide bonds. The van der Waals surface area contributed by atoms with Crippen LogP contribution in [0.15, 0.2) is 36.9 Å². The Morgan fingerprint density at radius 3 is 3.06 bits per heavy atom. The van der Waals surface area contributed by atoms with E-state index in [1.807, 2.05) is 22.9 Å². The van der Waals surface area contributed by atoms with Gasteiger partial charge in [0.25, 0.3) is 0 Å². The number of benzene rings is 1. The quantitative estimate of drug-likeness (QED) is 0.880. The van der Waals surface area contributed by atoms with E-state index in [2.05, 4.69) is 11.1 Å². The molecule has 1 heterocycles. The summed E-state index contributed by atoms with van der Waals surface area (Å²) in [5.41, 5.74) is 2.10. The first kappa shape index (κ1) is 11.3. The van der Waals surface area contributed by atoms with Gasteiger partial charge in [0, 0.05) is 18.0 Å². The van der Waals surface area contributed by atoms with Crippen LogP contribution in [0, 0.1) is 0 Å². The number of fused-ring (bicyclic) bond motifs is 1. The molecule has 1 N–H and O–H groups in total. The van der Waals surface area contributed by atoms with Gasteiger partial charge >= 0.3 is 0 Å². The summed E-state index contributed by atoms with van der Waals surface area (Å²) < 4.78 is 7.34. The molecule has 18 heavy (non-hydrogen) atoms. The zero-order valence-electron chi connectivity index (χ0n) is 10.3. The second kappa shape index (κ2) is 4.46. The van der Waals surface area contributed by atoms with E-state index in [1.54, 1.807) is 19.6 Å². The Morgan fingerprint density at radius 2 is 2.33 bits per heavy atom. The third-order valence-electron chi connectivity index (χ3n) is 3.65. The maximum absolute atomic E-state index is 10.6. The number of hydrogen-bond acceptors (Lipinski definition) is 3. The number of hydrogen-bond donors (Lipinski definition) is 1. The Labute approximate surface area is 106 Å². The van der Waals surface area contributed by atoms with Crippen LogP contribution in [0.5, 0.6) is 5.75 Å². The topological polar surface area (TPSA) is 47.3 Å². The van der Waals surface area contributed by atoms with Gasteiger partial charge in [-0.05, 0) is 24.5 Å². The fourth-order valence-corrected chi connectivity index (χ4v) is 2.75. The van der Waals surface area contributed by atoms with Gasteiger partial charge in [0.1, 0.15) is 11.9 Å². The van der Waals surface area contributed by atoms with Gasteiger partial charge in [-0.2, -0.15) is 0 Å². The molecule has 0 radical (unpaired) electrons. The Balaban J connectivity index is 2.03. The summed E-state index contributed by atoms with van der Waals surface area (Å²) >= 11 is 0. The highest BCUT2D eigenvalue weighted by Crippen LogP contribution is 2.41. The molecule has 1 aromatic carbocycles. The van der Waals surface area contributed by atoms with Gasteiger partial charge in [0.2, 0.25) is 0 Å². The highest BCUT2D eigenvalue weighted by molar-refractivity contribution is 5.44. The van der Waals surface area contributed by atoms with Crippen molar-refractivity contribution in [2.75, 3.05) is 7.11 Å². The van der Waals surface area contributed by atoms with Gasteiger partial charge in [-0.15, -0.1) is 0 Å². The molecule has 4 heteroatoms. The first-order chi connectivity index (χ1) is 8.81. The third-order valence-corrected chi connectivity index (χ3v) is 3.65. The van der Waals surface area contributed by atoms with Crippen LogP contribution in [0.25, 0.3) is 0 Å². The predicted molar refractivity (Wildman–Crippen MR) is 67.5 cm³/mol. The van der Waals surface area contributed by atoms with E-state index in [1.165, 1.54) is 5.56 Å². The van der Waals surface area contributed by atoms with Crippen LogP contribution in [0.1, 0.15) is 29.7 Å². The fraction of sp³-hybridized carbons (Fsp3) is 0.357. The molecular weight excluding hydrogens is 228 g/mol. The van der Waals surface area contributed by atoms with E-state index in [4.69, 9.17) is 4.74 Å². The van der Waals surface area contributed by atoms with Crippen molar-refractivity contribution >= 4 is 0 Å². The number of nitrogens with zero attached hydrogens (tertiary/aromatic N) is 2. The number of aliphatic hydroxyl groups excluding tert-OH is 1. The molecule has 94 valence electrons. The lowest BCUT2D eigenvalue weighted by Gasteiger charge is -2.31. The van der Waals surface area contributed by atoms with E-state index >= 15 is 0 Å². The molecule has 2 aromatic rings. The molecular formula is C14H16N2O2. The highest BCUT2D eigenvalue weighted by Gasteiger charge is 2.31. The van der Waals surface area contributed by atoms with Crippen LogP contribution in [0.3, 0.4) is 0 Å². The van der Waals surface area contributed by atoms with Crippen LogP contribution in [-0.4, -0.2) is 21.8 Å². The molecule has 0 fully saturated rings. The lowest BCUT2D eigenvalue weighted by Crippen LogP contribution is -2.23. The normalized spacial score (nSPS) is 22.6. The van der Waals surface area contributed by atoms with Crippen LogP contribution >= 0.6 is 0 Å². The first-order valence-electron chi connectivity index (χ1n) is 6.12. The van der Waals surface area contributed by atoms with E-state index < -0.39 is 6.10 Å². The standard InChI is InChI=1S/C14H16N2O2/c1-18-12-4-2-3-10-5-6-11(14(17)13(10)12)16-8-7-15-9-16/h2-4,7-9,11,14,17H,5-6H2,1H3. The molecule has 2 atom stereocenters. The summed E-state index contributed by atoms with van der Waals surface area (Å²) in [6, 6.07) is 5.97. The van der Waals surface area contributed by atoms with E-state index in [0.717, 1.165) is 24.2 Å². The molecule has 0 bridgehead atoms. The van der Waals surface area contributed by atoms with Crippen LogP contribution in [0.2, 0.25) is 0 Å². The van der Waals surface area contributed by atoms with Crippen molar-refractivity contribution < 1.29 is 9.84 Å². The summed E-state index contributed by atoms with van der Waals surface area (Å²) in [4.78, 5) is 4.05. The summed E-state index contributed by atoms with van der Waals surface area (Å²) in [6.07, 6.45) is 6.72. The molecule has 1 aliphatic rings. The number of imidazole rings is 1. The van der Waals surface area contributed by atoms with Gasteiger partial charge in [0.05, 0.1) is 19.5 Å². The summed E-state index contributed by atoms with van der Waals surface area (Å²) in [6.45, 7) is 0. The Kier molecular flexibility index (Phi) is 2.80. The average molecular weight is 244 g/mol. The number of aromatic nitrogens is 2. The van der Waals surface area contributed by atoms with E-state index in [9.17, 15) is 5.11 Å². The lowest BCUT2D eigenvalue weighted by molar-refractivity contribution is 0.0958. The fourth-order valence-electron chi connectivity index (χ4n) is 2.75. The molecule has 0 spiro atoms. The van der Waals surface area contributed by atoms with Crippen molar-refractivity contribution in [2.45, 2.75) is 25.0 Å². The van der Waals surface area contributed by atoms with Gasteiger partial charge in [-0.1, -0.05) is 12.1 Å². The van der Waals surface area contributed by atoms with Crippen molar-refractivity contribution in [2.24, 2.45) is 0 Å². The Morgan fingerprint density at radius 1 is 1.44 bits per heavy atom. The van der Waals surface area contributed by atoms with Crippen LogP contribution in [0.4, 0.5) is 0 Å². The third kappa shape index (κ3) is 1.69. The molecule has 3 rings (SSSR count). The number of aliphatic hydroxyl groups is 1. The predicted octanol–water partition coefficient (Wildman–Crippen LogP) is 2.11. The molecule has 0 saturated heterocycles. The molecule has 1 aromatic heterocycles. The van der Waals surface area contributed by atoms with E-state index in [0.29, 0.717) is 0 Å². The van der Waals surface area contributed by atoms with Crippen molar-refractivity contribution in [3.05, 3.63) is 48.0 Å². The zero-order valence-corrected chi connectivity index (χ0v) is 10.3. The van der Waals surface area contributed by atoms with Gasteiger partial charge < -0.3 is 14.4 Å². The minimum atomic E-state index is -0.543. The van der Waals surface area contributed by atoms with Crippen LogP contribution in [-0.2, 0) is 6.42 Å². The lowest BCUT2D eigenvalue weighted by atomic mass is 9.85. The van der Waals surface area contributed by atoms with E-state index in [-0.39, 0.29) is 6.04 Å². The summed E-state index contributed by atoms with van der Waals surface area (Å²) in [5, 5.41) is 10.6. The Bertz CT molecular complexity index is 522. The van der Waals surface area contributed by atoms with Gasteiger partial charge in [-0.3, -0.25) is 0 Å². The maximum Gasteiger partial charge on any atom is 0.125 e. The molecule has 1 aliphatic carbocycles. The minimum Gasteiger partial charge on any atom is -0.496 e. The largest absolute Gasteiger partial charge is 0.496 e. The number of aryl methyl sites for hydroxylation is 1. The van der Waals surface area contributed by atoms with Crippen LogP contribution < -0.4 is 4.74 Å². The summed E-state index contributed by atoms with van der Waals surface area (Å²) in [7, 11) is 1.64. The zero-order chi connectivity index (χ0) is 12.5. The second-order valence-electron chi connectivity index (χ2n) is 4.59. The molecule has 0 saturated carbocycles.